The van der Waals surface area contributed by atoms with Crippen molar-refractivity contribution in [2.24, 2.45) is 12.8 Å². The Morgan fingerprint density at radius 1 is 1.00 bits per heavy atom. The average Bonchev–Trinajstić information content (AvgIpc) is 2.99. The van der Waals surface area contributed by atoms with Crippen LogP contribution in [0.25, 0.3) is 0 Å². The van der Waals surface area contributed by atoms with Gasteiger partial charge in [-0.3, -0.25) is 4.68 Å². The highest BCUT2D eigenvalue weighted by molar-refractivity contribution is 5.08. The van der Waals surface area contributed by atoms with Gasteiger partial charge in [0, 0.05) is 24.9 Å². The van der Waals surface area contributed by atoms with Crippen LogP contribution < -0.4 is 5.73 Å². The number of hydrogen-bond donors (Lipinski definition) is 1. The highest BCUT2D eigenvalue weighted by Gasteiger charge is 2.29. The second-order valence-electron chi connectivity index (χ2n) is 6.34. The second-order valence-corrected chi connectivity index (χ2v) is 6.34. The lowest BCUT2D eigenvalue weighted by Gasteiger charge is -2.19. The fourth-order valence-electron chi connectivity index (χ4n) is 3.75. The lowest BCUT2D eigenvalue weighted by molar-refractivity contribution is 0.465. The molecule has 3 rings (SSSR count). The summed E-state index contributed by atoms with van der Waals surface area (Å²) in [6.07, 6.45) is 11.4. The largest absolute Gasteiger partial charge is 0.327 e. The van der Waals surface area contributed by atoms with Crippen LogP contribution in [0.1, 0.15) is 81.3 Å². The average molecular weight is 262 g/mol. The minimum atomic E-state index is 0.266. The summed E-state index contributed by atoms with van der Waals surface area (Å²) < 4.78 is 2.00. The normalized spacial score (nSPS) is 29.6. The van der Waals surface area contributed by atoms with Gasteiger partial charge in [0.1, 0.15) is 5.82 Å². The molecule has 0 saturated heterocycles. The Kier molecular flexibility index (Phi) is 3.87. The molecule has 0 amide bonds. The molecule has 4 nitrogen and oxygen atoms in total. The van der Waals surface area contributed by atoms with Gasteiger partial charge >= 0.3 is 0 Å². The zero-order valence-electron chi connectivity index (χ0n) is 12.0. The van der Waals surface area contributed by atoms with E-state index in [2.05, 4.69) is 5.10 Å². The summed E-state index contributed by atoms with van der Waals surface area (Å²) in [4.78, 5) is 4.88. The number of rotatable bonds is 2. The molecule has 106 valence electrons. The van der Waals surface area contributed by atoms with Crippen molar-refractivity contribution in [3.63, 3.8) is 0 Å². The Morgan fingerprint density at radius 2 is 1.68 bits per heavy atom. The van der Waals surface area contributed by atoms with Crippen molar-refractivity contribution in [3.8, 4) is 0 Å². The third kappa shape index (κ3) is 2.69. The molecule has 0 aliphatic heterocycles. The quantitative estimate of drug-likeness (QED) is 0.834. The maximum absolute atomic E-state index is 6.36. The summed E-state index contributed by atoms with van der Waals surface area (Å²) in [7, 11) is 2.04. The number of aryl methyl sites for hydroxylation is 1. The van der Waals surface area contributed by atoms with Crippen LogP contribution >= 0.6 is 0 Å². The van der Waals surface area contributed by atoms with Crippen molar-refractivity contribution in [2.75, 3.05) is 0 Å². The Morgan fingerprint density at radius 3 is 2.47 bits per heavy atom. The summed E-state index contributed by atoms with van der Waals surface area (Å²) in [6.45, 7) is 0. The Hall–Kier alpha value is -0.900. The standard InChI is InChI=1S/C15H26N4/c1-19-15(12-9-3-2-4-10-13(12)16)17-14(18-19)11-7-5-6-8-11/h11-13H,2-10,16H2,1H3. The van der Waals surface area contributed by atoms with E-state index in [1.807, 2.05) is 11.7 Å². The minimum absolute atomic E-state index is 0.266. The Balaban J connectivity index is 1.82. The molecule has 0 bridgehead atoms. The van der Waals surface area contributed by atoms with Crippen LogP contribution in [-0.4, -0.2) is 20.8 Å². The van der Waals surface area contributed by atoms with E-state index < -0.39 is 0 Å². The van der Waals surface area contributed by atoms with E-state index in [1.165, 1.54) is 51.4 Å². The van der Waals surface area contributed by atoms with Crippen LogP contribution in [0.2, 0.25) is 0 Å². The molecule has 2 aliphatic rings. The fraction of sp³-hybridized carbons (Fsp3) is 0.867. The number of aromatic nitrogens is 3. The first kappa shape index (κ1) is 13.1. The second kappa shape index (κ2) is 5.61. The van der Waals surface area contributed by atoms with Crippen molar-refractivity contribution in [1.29, 1.82) is 0 Å². The van der Waals surface area contributed by atoms with E-state index in [-0.39, 0.29) is 6.04 Å². The van der Waals surface area contributed by atoms with E-state index in [1.54, 1.807) is 0 Å². The van der Waals surface area contributed by atoms with E-state index >= 15 is 0 Å². The number of nitrogens with zero attached hydrogens (tertiary/aromatic N) is 3. The van der Waals surface area contributed by atoms with Gasteiger partial charge in [-0.1, -0.05) is 32.1 Å². The van der Waals surface area contributed by atoms with Gasteiger partial charge in [-0.2, -0.15) is 5.10 Å². The summed E-state index contributed by atoms with van der Waals surface area (Å²) in [5.74, 6) is 3.22. The van der Waals surface area contributed by atoms with Gasteiger partial charge in [0.25, 0.3) is 0 Å². The van der Waals surface area contributed by atoms with Crippen molar-refractivity contribution in [3.05, 3.63) is 11.6 Å². The zero-order valence-corrected chi connectivity index (χ0v) is 12.0. The molecule has 2 atom stereocenters. The molecule has 0 radical (unpaired) electrons. The lowest BCUT2D eigenvalue weighted by atomic mass is 9.94. The van der Waals surface area contributed by atoms with Crippen LogP contribution in [0, 0.1) is 0 Å². The molecule has 1 aromatic rings. The van der Waals surface area contributed by atoms with Gasteiger partial charge < -0.3 is 5.73 Å². The molecule has 19 heavy (non-hydrogen) atoms. The highest BCUT2D eigenvalue weighted by Crippen LogP contribution is 2.34. The predicted octanol–water partition coefficient (Wildman–Crippen LogP) is 2.85. The van der Waals surface area contributed by atoms with Gasteiger partial charge in [0.15, 0.2) is 5.82 Å². The number of nitrogens with two attached hydrogens (primary N) is 1. The summed E-state index contributed by atoms with van der Waals surface area (Å²) in [5.41, 5.74) is 6.36. The van der Waals surface area contributed by atoms with Crippen molar-refractivity contribution in [2.45, 2.75) is 75.7 Å². The lowest BCUT2D eigenvalue weighted by Crippen LogP contribution is -2.29. The van der Waals surface area contributed by atoms with Gasteiger partial charge in [-0.15, -0.1) is 0 Å². The predicted molar refractivity (Wildman–Crippen MR) is 76.0 cm³/mol. The van der Waals surface area contributed by atoms with E-state index in [9.17, 15) is 0 Å². The van der Waals surface area contributed by atoms with E-state index in [0.717, 1.165) is 18.1 Å². The smallest absolute Gasteiger partial charge is 0.154 e. The molecular formula is C15H26N4. The first-order valence-electron chi connectivity index (χ1n) is 7.92. The fourth-order valence-corrected chi connectivity index (χ4v) is 3.75. The summed E-state index contributed by atoms with van der Waals surface area (Å²) in [6, 6.07) is 0.266. The molecule has 2 fully saturated rings. The monoisotopic (exact) mass is 262 g/mol. The third-order valence-electron chi connectivity index (χ3n) is 4.93. The topological polar surface area (TPSA) is 56.7 Å². The van der Waals surface area contributed by atoms with Gasteiger partial charge in [-0.25, -0.2) is 4.98 Å². The van der Waals surface area contributed by atoms with Crippen LogP contribution in [0.15, 0.2) is 0 Å². The summed E-state index contributed by atoms with van der Waals surface area (Å²) in [5, 5.41) is 4.68. The molecule has 2 N–H and O–H groups in total. The SMILES string of the molecule is Cn1nc(C2CCCC2)nc1C1CCCCCC1N. The first-order chi connectivity index (χ1) is 9.25. The van der Waals surface area contributed by atoms with Crippen molar-refractivity contribution >= 4 is 0 Å². The van der Waals surface area contributed by atoms with Crippen molar-refractivity contribution < 1.29 is 0 Å². The van der Waals surface area contributed by atoms with Gasteiger partial charge in [0.2, 0.25) is 0 Å². The van der Waals surface area contributed by atoms with E-state index in [0.29, 0.717) is 11.8 Å². The molecular weight excluding hydrogens is 236 g/mol. The molecule has 1 aromatic heterocycles. The molecule has 0 spiro atoms. The Bertz CT molecular complexity index is 420. The van der Waals surface area contributed by atoms with Crippen LogP contribution in [-0.2, 0) is 7.05 Å². The maximum Gasteiger partial charge on any atom is 0.154 e. The first-order valence-corrected chi connectivity index (χ1v) is 7.92. The molecule has 0 aromatic carbocycles. The molecule has 2 unspecified atom stereocenters. The van der Waals surface area contributed by atoms with Crippen LogP contribution in [0.5, 0.6) is 0 Å². The van der Waals surface area contributed by atoms with Crippen molar-refractivity contribution in [1.82, 2.24) is 14.8 Å². The summed E-state index contributed by atoms with van der Waals surface area (Å²) >= 11 is 0. The molecule has 2 saturated carbocycles. The van der Waals surface area contributed by atoms with Gasteiger partial charge in [0.05, 0.1) is 0 Å². The van der Waals surface area contributed by atoms with E-state index in [4.69, 9.17) is 10.7 Å². The third-order valence-corrected chi connectivity index (χ3v) is 4.93. The molecule has 4 heteroatoms. The maximum atomic E-state index is 6.36. The zero-order chi connectivity index (χ0) is 13.2. The van der Waals surface area contributed by atoms with Crippen LogP contribution in [0.3, 0.4) is 0 Å². The van der Waals surface area contributed by atoms with Gasteiger partial charge in [-0.05, 0) is 25.7 Å². The Labute approximate surface area is 115 Å². The highest BCUT2D eigenvalue weighted by atomic mass is 15.3. The molecule has 2 aliphatic carbocycles. The number of hydrogen-bond acceptors (Lipinski definition) is 3. The minimum Gasteiger partial charge on any atom is -0.327 e. The van der Waals surface area contributed by atoms with Crippen LogP contribution in [0.4, 0.5) is 0 Å². The molecule has 1 heterocycles.